The summed E-state index contributed by atoms with van der Waals surface area (Å²) in [5.41, 5.74) is 0. The van der Waals surface area contributed by atoms with Crippen LogP contribution >= 0.6 is 27.5 Å². The smallest absolute Gasteiger partial charge is 0.209 e. The molecule has 1 fully saturated rings. The van der Waals surface area contributed by atoms with Crippen LogP contribution in [0.25, 0.3) is 0 Å². The van der Waals surface area contributed by atoms with Crippen LogP contribution in [0.15, 0.2) is 0 Å². The summed E-state index contributed by atoms with van der Waals surface area (Å²) in [7, 11) is 0. The maximum Gasteiger partial charge on any atom is 0.209 e. The zero-order chi connectivity index (χ0) is 11.1. The van der Waals surface area contributed by atoms with E-state index in [1.165, 1.54) is 0 Å². The van der Waals surface area contributed by atoms with Crippen molar-refractivity contribution in [2.24, 2.45) is 0 Å². The summed E-state index contributed by atoms with van der Waals surface area (Å²) in [5.74, 6) is 0. The van der Waals surface area contributed by atoms with E-state index in [1.807, 2.05) is 0 Å². The van der Waals surface area contributed by atoms with Gasteiger partial charge in [0.1, 0.15) is 12.2 Å². The SMILES string of the molecule is OC[C@@]1(Br)O[C@@H](O)[C@H](O)[C@@H](O)[C@]1(O)Cl. The van der Waals surface area contributed by atoms with Crippen LogP contribution in [0.4, 0.5) is 0 Å². The van der Waals surface area contributed by atoms with E-state index in [0.29, 0.717) is 0 Å². The van der Waals surface area contributed by atoms with E-state index < -0.39 is 34.7 Å². The molecule has 8 heteroatoms. The number of ether oxygens (including phenoxy) is 1. The molecular weight excluding hydrogens is 283 g/mol. The van der Waals surface area contributed by atoms with Crippen molar-refractivity contribution in [3.63, 3.8) is 0 Å². The molecule has 0 unspecified atom stereocenters. The third kappa shape index (κ3) is 1.68. The molecule has 84 valence electrons. The van der Waals surface area contributed by atoms with Gasteiger partial charge in [-0.05, 0) is 15.9 Å². The predicted octanol–water partition coefficient (Wildman–Crippen LogP) is -1.93. The minimum atomic E-state index is -2.44. The van der Waals surface area contributed by atoms with Crippen LogP contribution < -0.4 is 0 Å². The van der Waals surface area contributed by atoms with Gasteiger partial charge in [-0.2, -0.15) is 0 Å². The fraction of sp³-hybridized carbons (Fsp3) is 1.00. The van der Waals surface area contributed by atoms with Gasteiger partial charge in [-0.15, -0.1) is 0 Å². The summed E-state index contributed by atoms with van der Waals surface area (Å²) in [6.07, 6.45) is -5.37. The van der Waals surface area contributed by atoms with Gasteiger partial charge in [0.15, 0.2) is 10.8 Å². The minimum Gasteiger partial charge on any atom is -0.392 e. The number of aliphatic hydroxyl groups is 5. The molecule has 0 aromatic rings. The molecule has 0 saturated carbocycles. The molecule has 0 aromatic heterocycles. The summed E-state index contributed by atoms with van der Waals surface area (Å²) >= 11 is 8.23. The van der Waals surface area contributed by atoms with Gasteiger partial charge in [0.25, 0.3) is 0 Å². The molecule has 0 aromatic carbocycles. The highest BCUT2D eigenvalue weighted by atomic mass is 79.9. The Hall–Kier alpha value is 0.530. The fourth-order valence-electron chi connectivity index (χ4n) is 1.09. The highest BCUT2D eigenvalue weighted by molar-refractivity contribution is 9.10. The Morgan fingerprint density at radius 3 is 2.29 bits per heavy atom. The van der Waals surface area contributed by atoms with Gasteiger partial charge in [-0.3, -0.25) is 0 Å². The topological polar surface area (TPSA) is 110 Å². The first-order valence-electron chi connectivity index (χ1n) is 3.69. The van der Waals surface area contributed by atoms with Crippen LogP contribution in [0, 0.1) is 0 Å². The average molecular weight is 293 g/mol. The molecule has 5 N–H and O–H groups in total. The number of aliphatic hydroxyl groups excluding tert-OH is 4. The molecule has 6 nitrogen and oxygen atoms in total. The van der Waals surface area contributed by atoms with E-state index in [4.69, 9.17) is 26.9 Å². The molecule has 0 bridgehead atoms. The van der Waals surface area contributed by atoms with Gasteiger partial charge < -0.3 is 30.3 Å². The number of alkyl halides is 2. The maximum atomic E-state index is 9.56. The van der Waals surface area contributed by atoms with E-state index in [0.717, 1.165) is 0 Å². The van der Waals surface area contributed by atoms with Gasteiger partial charge in [0.2, 0.25) is 5.06 Å². The Kier molecular flexibility index (Phi) is 3.45. The number of halogens is 2. The largest absolute Gasteiger partial charge is 0.392 e. The van der Waals surface area contributed by atoms with Crippen LogP contribution in [0.3, 0.4) is 0 Å². The van der Waals surface area contributed by atoms with E-state index in [2.05, 4.69) is 20.7 Å². The zero-order valence-corrected chi connectivity index (χ0v) is 9.18. The molecular formula is C6H10BrClO6. The average Bonchev–Trinajstić information content (AvgIpc) is 2.12. The van der Waals surface area contributed by atoms with Crippen molar-refractivity contribution in [3.8, 4) is 0 Å². The lowest BCUT2D eigenvalue weighted by Crippen LogP contribution is -2.68. The minimum absolute atomic E-state index is 0.798. The Bertz CT molecular complexity index is 224. The molecule has 1 heterocycles. The first-order chi connectivity index (χ1) is 6.26. The summed E-state index contributed by atoms with van der Waals surface area (Å²) < 4.78 is 2.72. The van der Waals surface area contributed by atoms with Gasteiger partial charge in [-0.1, -0.05) is 11.6 Å². The third-order valence-electron chi connectivity index (χ3n) is 2.04. The third-order valence-corrected chi connectivity index (χ3v) is 3.84. The van der Waals surface area contributed by atoms with E-state index in [-0.39, 0.29) is 0 Å². The summed E-state index contributed by atoms with van der Waals surface area (Å²) in [6.45, 7) is -0.798. The molecule has 1 aliphatic rings. The standard InChI is InChI=1S/C6H10BrClO6/c7-5(1-9)6(8,13)3(11)2(10)4(12)14-5/h2-4,9-13H,1H2/t2-,3-,4-,5-,6-/m1/s1. The van der Waals surface area contributed by atoms with Crippen LogP contribution in [-0.4, -0.2) is 60.2 Å². The van der Waals surface area contributed by atoms with Crippen LogP contribution in [0.2, 0.25) is 0 Å². The second-order valence-corrected chi connectivity index (χ2v) is 4.86. The maximum absolute atomic E-state index is 9.56. The Morgan fingerprint density at radius 2 is 1.86 bits per heavy atom. The fourth-order valence-corrected chi connectivity index (χ4v) is 1.75. The first-order valence-corrected chi connectivity index (χ1v) is 4.86. The lowest BCUT2D eigenvalue weighted by Gasteiger charge is -2.47. The molecule has 1 rings (SSSR count). The normalized spacial score (nSPS) is 54.6. The van der Waals surface area contributed by atoms with Crippen molar-refractivity contribution >= 4 is 27.5 Å². The second kappa shape index (κ2) is 3.84. The van der Waals surface area contributed by atoms with Crippen LogP contribution in [0.5, 0.6) is 0 Å². The van der Waals surface area contributed by atoms with E-state index >= 15 is 0 Å². The van der Waals surface area contributed by atoms with E-state index in [9.17, 15) is 10.2 Å². The Morgan fingerprint density at radius 1 is 1.36 bits per heavy atom. The van der Waals surface area contributed by atoms with Gasteiger partial charge in [0, 0.05) is 0 Å². The number of hydrogen-bond acceptors (Lipinski definition) is 6. The summed E-state index contributed by atoms with van der Waals surface area (Å²) in [5, 5.41) is 43.6. The molecule has 5 atom stereocenters. The molecule has 0 spiro atoms. The lowest BCUT2D eigenvalue weighted by atomic mass is 9.98. The van der Waals surface area contributed by atoms with Crippen molar-refractivity contribution in [2.45, 2.75) is 28.1 Å². The molecule has 1 saturated heterocycles. The highest BCUT2D eigenvalue weighted by Crippen LogP contribution is 2.44. The van der Waals surface area contributed by atoms with Gasteiger partial charge in [0.05, 0.1) is 6.61 Å². The second-order valence-electron chi connectivity index (χ2n) is 3.00. The number of hydrogen-bond donors (Lipinski definition) is 5. The Balaban J connectivity index is 3.01. The monoisotopic (exact) mass is 292 g/mol. The Labute approximate surface area is 92.8 Å². The summed E-state index contributed by atoms with van der Waals surface area (Å²) in [4.78, 5) is 0. The number of rotatable bonds is 1. The van der Waals surface area contributed by atoms with Crippen molar-refractivity contribution in [3.05, 3.63) is 0 Å². The van der Waals surface area contributed by atoms with Crippen LogP contribution in [-0.2, 0) is 4.74 Å². The lowest BCUT2D eigenvalue weighted by molar-refractivity contribution is -0.308. The molecule has 14 heavy (non-hydrogen) atoms. The predicted molar refractivity (Wildman–Crippen MR) is 48.7 cm³/mol. The molecule has 0 radical (unpaired) electrons. The zero-order valence-electron chi connectivity index (χ0n) is 6.84. The molecule has 1 aliphatic heterocycles. The quantitative estimate of drug-likeness (QED) is 0.360. The highest BCUT2D eigenvalue weighted by Gasteiger charge is 2.62. The van der Waals surface area contributed by atoms with Crippen molar-refractivity contribution in [2.75, 3.05) is 6.61 Å². The van der Waals surface area contributed by atoms with Crippen LogP contribution in [0.1, 0.15) is 0 Å². The summed E-state index contributed by atoms with van der Waals surface area (Å²) in [6, 6.07) is 0. The van der Waals surface area contributed by atoms with Gasteiger partial charge in [-0.25, -0.2) is 0 Å². The van der Waals surface area contributed by atoms with Crippen molar-refractivity contribution < 1.29 is 30.3 Å². The molecule has 0 amide bonds. The van der Waals surface area contributed by atoms with Gasteiger partial charge >= 0.3 is 0 Å². The first kappa shape index (κ1) is 12.6. The molecule has 0 aliphatic carbocycles. The van der Waals surface area contributed by atoms with E-state index in [1.54, 1.807) is 0 Å². The van der Waals surface area contributed by atoms with Crippen molar-refractivity contribution in [1.29, 1.82) is 0 Å². The van der Waals surface area contributed by atoms with Crippen molar-refractivity contribution in [1.82, 2.24) is 0 Å².